The van der Waals surface area contributed by atoms with Gasteiger partial charge in [-0.2, -0.15) is 0 Å². The molecule has 2 atom stereocenters. The van der Waals surface area contributed by atoms with Crippen molar-refractivity contribution < 1.29 is 9.59 Å². The van der Waals surface area contributed by atoms with Crippen molar-refractivity contribution in [2.24, 2.45) is 0 Å². The van der Waals surface area contributed by atoms with Crippen LogP contribution in [0.25, 0.3) is 0 Å². The summed E-state index contributed by atoms with van der Waals surface area (Å²) in [5.74, 6) is 0.248. The number of hydrogen-bond acceptors (Lipinski definition) is 4. The molecule has 5 nitrogen and oxygen atoms in total. The largest absolute Gasteiger partial charge is 0.339 e. The molecule has 5 rings (SSSR count). The molecule has 0 spiro atoms. The van der Waals surface area contributed by atoms with Gasteiger partial charge in [0.05, 0.1) is 6.04 Å². The van der Waals surface area contributed by atoms with Gasteiger partial charge in [-0.15, -0.1) is 11.3 Å². The molecule has 0 bridgehead atoms. The van der Waals surface area contributed by atoms with Crippen LogP contribution in [0.3, 0.4) is 0 Å². The molecule has 0 saturated carbocycles. The molecule has 0 aliphatic carbocycles. The van der Waals surface area contributed by atoms with Crippen LogP contribution in [-0.4, -0.2) is 65.3 Å². The summed E-state index contributed by atoms with van der Waals surface area (Å²) in [5.41, 5.74) is 5.77. The molecule has 3 aromatic rings. The highest BCUT2D eigenvalue weighted by Gasteiger charge is 2.33. The van der Waals surface area contributed by atoms with Crippen LogP contribution in [0.1, 0.15) is 56.9 Å². The Morgan fingerprint density at radius 3 is 2.42 bits per heavy atom. The second kappa shape index (κ2) is 10.6. The molecule has 2 amide bonds. The number of carbonyl (C=O) groups is 2. The lowest BCUT2D eigenvalue weighted by molar-refractivity contribution is -0.134. The highest BCUT2D eigenvalue weighted by Crippen LogP contribution is 2.38. The molecular formula is C30H35N3O2S. The Bertz CT molecular complexity index is 1250. The van der Waals surface area contributed by atoms with E-state index in [-0.39, 0.29) is 23.9 Å². The van der Waals surface area contributed by atoms with Crippen molar-refractivity contribution in [3.63, 3.8) is 0 Å². The zero-order chi connectivity index (χ0) is 25.2. The molecule has 2 aliphatic heterocycles. The van der Waals surface area contributed by atoms with E-state index < -0.39 is 0 Å². The third-order valence-electron chi connectivity index (χ3n) is 7.78. The van der Waals surface area contributed by atoms with Gasteiger partial charge >= 0.3 is 0 Å². The first-order valence-electron chi connectivity index (χ1n) is 12.9. The monoisotopic (exact) mass is 501 g/mol. The van der Waals surface area contributed by atoms with E-state index >= 15 is 0 Å². The molecule has 6 heteroatoms. The van der Waals surface area contributed by atoms with Crippen molar-refractivity contribution in [1.82, 2.24) is 14.7 Å². The fourth-order valence-electron chi connectivity index (χ4n) is 5.72. The van der Waals surface area contributed by atoms with Gasteiger partial charge in [-0.25, -0.2) is 0 Å². The van der Waals surface area contributed by atoms with Crippen LogP contribution in [0.15, 0.2) is 60.0 Å². The molecule has 0 N–H and O–H groups in total. The van der Waals surface area contributed by atoms with Crippen LogP contribution in [0.4, 0.5) is 0 Å². The molecule has 1 fully saturated rings. The Kier molecular flexibility index (Phi) is 7.26. The second-order valence-electron chi connectivity index (χ2n) is 10.1. The summed E-state index contributed by atoms with van der Waals surface area (Å²) in [6, 6.07) is 18.8. The zero-order valence-corrected chi connectivity index (χ0v) is 22.3. The predicted octanol–water partition coefficient (Wildman–Crippen LogP) is 5.08. The van der Waals surface area contributed by atoms with E-state index in [1.807, 2.05) is 59.2 Å². The van der Waals surface area contributed by atoms with Gasteiger partial charge in [-0.3, -0.25) is 14.5 Å². The molecule has 3 heterocycles. The van der Waals surface area contributed by atoms with Crippen molar-refractivity contribution in [3.05, 3.63) is 92.7 Å². The molecular weight excluding hydrogens is 466 g/mol. The molecule has 1 saturated heterocycles. The summed E-state index contributed by atoms with van der Waals surface area (Å²) in [4.78, 5) is 34.2. The molecule has 0 radical (unpaired) electrons. The molecule has 0 unspecified atom stereocenters. The lowest BCUT2D eigenvalue weighted by Gasteiger charge is -2.41. The van der Waals surface area contributed by atoms with Gasteiger partial charge in [-0.05, 0) is 67.0 Å². The fraction of sp³-hybridized carbons (Fsp3) is 0.400. The maximum Gasteiger partial charge on any atom is 0.254 e. The number of fused-ring (bicyclic) bond motifs is 1. The zero-order valence-electron chi connectivity index (χ0n) is 21.4. The molecule has 1 aromatic heterocycles. The minimum atomic E-state index is -0.00197. The average Bonchev–Trinajstić information content (AvgIpc) is 3.36. The highest BCUT2D eigenvalue weighted by atomic mass is 32.1. The van der Waals surface area contributed by atoms with Crippen molar-refractivity contribution in [2.45, 2.75) is 45.7 Å². The number of piperazine rings is 1. The molecule has 188 valence electrons. The highest BCUT2D eigenvalue weighted by molar-refractivity contribution is 7.10. The van der Waals surface area contributed by atoms with Gasteiger partial charge in [-0.1, -0.05) is 42.5 Å². The van der Waals surface area contributed by atoms with Crippen LogP contribution in [0, 0.1) is 13.8 Å². The summed E-state index contributed by atoms with van der Waals surface area (Å²) < 4.78 is 0. The fourth-order valence-corrected chi connectivity index (χ4v) is 6.62. The summed E-state index contributed by atoms with van der Waals surface area (Å²) in [5, 5.41) is 2.20. The molecule has 2 aliphatic rings. The van der Waals surface area contributed by atoms with Crippen LogP contribution in [-0.2, 0) is 11.2 Å². The van der Waals surface area contributed by atoms with E-state index in [9.17, 15) is 9.59 Å². The number of thiophene rings is 1. The van der Waals surface area contributed by atoms with Gasteiger partial charge in [0.15, 0.2) is 0 Å². The van der Waals surface area contributed by atoms with Crippen molar-refractivity contribution in [3.8, 4) is 0 Å². The number of rotatable bonds is 5. The number of hydrogen-bond donors (Lipinski definition) is 0. The summed E-state index contributed by atoms with van der Waals surface area (Å²) in [7, 11) is 0. The Morgan fingerprint density at radius 2 is 1.67 bits per heavy atom. The minimum Gasteiger partial charge on any atom is -0.339 e. The first-order chi connectivity index (χ1) is 17.4. The van der Waals surface area contributed by atoms with Gasteiger partial charge in [0.2, 0.25) is 5.91 Å². The van der Waals surface area contributed by atoms with Gasteiger partial charge < -0.3 is 9.80 Å². The average molecular weight is 502 g/mol. The van der Waals surface area contributed by atoms with Gasteiger partial charge in [0.1, 0.15) is 0 Å². The number of nitrogens with zero attached hydrogens (tertiary/aromatic N) is 3. The Hall–Kier alpha value is -2.96. The third kappa shape index (κ3) is 4.84. The van der Waals surface area contributed by atoms with Crippen molar-refractivity contribution in [2.75, 3.05) is 32.7 Å². The van der Waals surface area contributed by atoms with E-state index in [1.54, 1.807) is 0 Å². The lowest BCUT2D eigenvalue weighted by atomic mass is 9.90. The maximum atomic E-state index is 13.3. The van der Waals surface area contributed by atoms with E-state index in [2.05, 4.69) is 47.5 Å². The summed E-state index contributed by atoms with van der Waals surface area (Å²) in [6.07, 6.45) is 1.54. The van der Waals surface area contributed by atoms with E-state index in [0.717, 1.165) is 30.6 Å². The lowest BCUT2D eigenvalue weighted by Crippen LogP contribution is -2.55. The molecule has 2 aromatic carbocycles. The van der Waals surface area contributed by atoms with Crippen LogP contribution < -0.4 is 0 Å². The van der Waals surface area contributed by atoms with Gasteiger partial charge in [0.25, 0.3) is 5.91 Å². The Balaban J connectivity index is 1.23. The molecule has 36 heavy (non-hydrogen) atoms. The van der Waals surface area contributed by atoms with Crippen LogP contribution in [0.5, 0.6) is 0 Å². The van der Waals surface area contributed by atoms with Gasteiger partial charge in [0, 0.05) is 55.6 Å². The number of benzene rings is 2. The predicted molar refractivity (Wildman–Crippen MR) is 145 cm³/mol. The smallest absolute Gasteiger partial charge is 0.254 e. The normalized spacial score (nSPS) is 20.3. The van der Waals surface area contributed by atoms with Crippen LogP contribution in [0.2, 0.25) is 0 Å². The number of aryl methyl sites for hydroxylation is 2. The number of carbonyl (C=O) groups excluding carboxylic acids is 2. The van der Waals surface area contributed by atoms with E-state index in [4.69, 9.17) is 0 Å². The SMILES string of the molecule is Cc1ccccc1C(=O)N1CCN(C(=O)CCN2CCc3sccc3[C@@H]2c2ccccc2C)C[C@@H]1C. The standard InChI is InChI=1S/C30H35N3O2S/c1-21-8-4-6-10-24(21)29-26-14-19-36-27(26)12-15-31(29)16-13-28(34)32-17-18-33(23(3)20-32)30(35)25-11-7-5-9-22(25)2/h4-11,14,19,23,29H,12-13,15-18,20H2,1-3H3/t23-,29-/m0/s1. The topological polar surface area (TPSA) is 43.9 Å². The maximum absolute atomic E-state index is 13.3. The first kappa shape index (κ1) is 24.7. The van der Waals surface area contributed by atoms with E-state index in [1.165, 1.54) is 21.6 Å². The first-order valence-corrected chi connectivity index (χ1v) is 13.8. The Labute approximate surface area is 218 Å². The second-order valence-corrected chi connectivity index (χ2v) is 11.1. The third-order valence-corrected chi connectivity index (χ3v) is 8.77. The van der Waals surface area contributed by atoms with E-state index in [0.29, 0.717) is 26.1 Å². The van der Waals surface area contributed by atoms with Crippen molar-refractivity contribution >= 4 is 23.2 Å². The number of amides is 2. The van der Waals surface area contributed by atoms with Crippen molar-refractivity contribution in [1.29, 1.82) is 0 Å². The quantitative estimate of drug-likeness (QED) is 0.490. The minimum absolute atomic E-state index is 0.00197. The Morgan fingerprint density at radius 1 is 0.917 bits per heavy atom. The summed E-state index contributed by atoms with van der Waals surface area (Å²) in [6.45, 7) is 9.67. The summed E-state index contributed by atoms with van der Waals surface area (Å²) >= 11 is 1.85. The van der Waals surface area contributed by atoms with Crippen LogP contribution >= 0.6 is 11.3 Å².